The van der Waals surface area contributed by atoms with Crippen molar-refractivity contribution < 1.29 is 24.5 Å². The number of aliphatic carboxylic acids is 2. The van der Waals surface area contributed by atoms with Crippen molar-refractivity contribution in [3.63, 3.8) is 0 Å². The van der Waals surface area contributed by atoms with Gasteiger partial charge in [0.15, 0.2) is 0 Å². The van der Waals surface area contributed by atoms with Crippen LogP contribution in [0.2, 0.25) is 0 Å². The standard InChI is InChI=1S/C19H18O5/c20-18(21)16-8-6-13-10-14(7-9-15(13)17(16)19(22)23)24-11-12-4-2-1-3-5-12/h1-5,7,9-10,16-17H,6,8,11H2,(H,20,21)(H,22,23). The molecule has 2 N–H and O–H groups in total. The zero-order chi connectivity index (χ0) is 17.1. The van der Waals surface area contributed by atoms with Gasteiger partial charge in [0.2, 0.25) is 0 Å². The summed E-state index contributed by atoms with van der Waals surface area (Å²) in [6.45, 7) is 0.430. The molecule has 3 rings (SSSR count). The van der Waals surface area contributed by atoms with Gasteiger partial charge in [-0.1, -0.05) is 36.4 Å². The van der Waals surface area contributed by atoms with Crippen molar-refractivity contribution in [3.8, 4) is 5.75 Å². The molecule has 0 aliphatic heterocycles. The third kappa shape index (κ3) is 3.25. The highest BCUT2D eigenvalue weighted by molar-refractivity contribution is 5.85. The van der Waals surface area contributed by atoms with Crippen LogP contribution in [0, 0.1) is 5.92 Å². The van der Waals surface area contributed by atoms with Gasteiger partial charge in [-0.3, -0.25) is 9.59 Å². The highest BCUT2D eigenvalue weighted by Crippen LogP contribution is 2.38. The Morgan fingerprint density at radius 1 is 1.04 bits per heavy atom. The van der Waals surface area contributed by atoms with Crippen molar-refractivity contribution in [1.82, 2.24) is 0 Å². The van der Waals surface area contributed by atoms with E-state index >= 15 is 0 Å². The second-order valence-electron chi connectivity index (χ2n) is 5.93. The monoisotopic (exact) mass is 326 g/mol. The second kappa shape index (κ2) is 6.74. The van der Waals surface area contributed by atoms with E-state index < -0.39 is 23.8 Å². The fourth-order valence-corrected chi connectivity index (χ4v) is 3.20. The number of aryl methyl sites for hydroxylation is 1. The minimum absolute atomic E-state index is 0.321. The van der Waals surface area contributed by atoms with Crippen LogP contribution < -0.4 is 4.74 Å². The van der Waals surface area contributed by atoms with Crippen LogP contribution in [-0.4, -0.2) is 22.2 Å². The number of carboxylic acid groups (broad SMARTS) is 2. The molecule has 5 nitrogen and oxygen atoms in total. The molecule has 0 spiro atoms. The molecular formula is C19H18O5. The van der Waals surface area contributed by atoms with Gasteiger partial charge in [0.1, 0.15) is 12.4 Å². The smallest absolute Gasteiger partial charge is 0.311 e. The number of hydrogen-bond donors (Lipinski definition) is 2. The normalized spacial score (nSPS) is 19.3. The Bertz CT molecular complexity index is 754. The molecule has 0 bridgehead atoms. The Morgan fingerprint density at radius 2 is 1.79 bits per heavy atom. The maximum absolute atomic E-state index is 11.5. The Kier molecular flexibility index (Phi) is 4.51. The van der Waals surface area contributed by atoms with Gasteiger partial charge in [0, 0.05) is 0 Å². The summed E-state index contributed by atoms with van der Waals surface area (Å²) in [6, 6.07) is 15.0. The van der Waals surface area contributed by atoms with Crippen LogP contribution in [0.4, 0.5) is 0 Å². The van der Waals surface area contributed by atoms with Gasteiger partial charge in [0.25, 0.3) is 0 Å². The molecule has 2 atom stereocenters. The molecule has 124 valence electrons. The summed E-state index contributed by atoms with van der Waals surface area (Å²) in [6.07, 6.45) is 0.861. The van der Waals surface area contributed by atoms with E-state index in [4.69, 9.17) is 4.74 Å². The number of benzene rings is 2. The average Bonchev–Trinajstić information content (AvgIpc) is 2.59. The van der Waals surface area contributed by atoms with Gasteiger partial charge in [-0.2, -0.15) is 0 Å². The summed E-state index contributed by atoms with van der Waals surface area (Å²) in [5.74, 6) is -3.38. The lowest BCUT2D eigenvalue weighted by atomic mass is 9.75. The fraction of sp³-hybridized carbons (Fsp3) is 0.263. The summed E-state index contributed by atoms with van der Waals surface area (Å²) in [5, 5.41) is 18.7. The first-order valence-corrected chi connectivity index (χ1v) is 7.81. The number of rotatable bonds is 5. The summed E-state index contributed by atoms with van der Waals surface area (Å²) >= 11 is 0. The zero-order valence-corrected chi connectivity index (χ0v) is 13.0. The Balaban J connectivity index is 1.81. The molecule has 1 aliphatic carbocycles. The molecule has 0 fully saturated rings. The summed E-state index contributed by atoms with van der Waals surface area (Å²) in [7, 11) is 0. The zero-order valence-electron chi connectivity index (χ0n) is 13.0. The quantitative estimate of drug-likeness (QED) is 0.882. The number of hydrogen-bond acceptors (Lipinski definition) is 3. The first kappa shape index (κ1) is 16.1. The van der Waals surface area contributed by atoms with Crippen LogP contribution in [0.1, 0.15) is 29.0 Å². The van der Waals surface area contributed by atoms with Gasteiger partial charge < -0.3 is 14.9 Å². The molecule has 0 heterocycles. The molecule has 0 saturated heterocycles. The Hall–Kier alpha value is -2.82. The first-order valence-electron chi connectivity index (χ1n) is 7.81. The maximum Gasteiger partial charge on any atom is 0.311 e. The second-order valence-corrected chi connectivity index (χ2v) is 5.93. The summed E-state index contributed by atoms with van der Waals surface area (Å²) in [4.78, 5) is 22.9. The van der Waals surface area contributed by atoms with Crippen molar-refractivity contribution in [2.24, 2.45) is 5.92 Å². The van der Waals surface area contributed by atoms with Gasteiger partial charge in [0.05, 0.1) is 11.8 Å². The molecule has 5 heteroatoms. The van der Waals surface area contributed by atoms with E-state index in [1.165, 1.54) is 0 Å². The minimum atomic E-state index is -1.10. The predicted octanol–water partition coefficient (Wildman–Crippen LogP) is 3.08. The van der Waals surface area contributed by atoms with Crippen LogP contribution in [0.25, 0.3) is 0 Å². The molecule has 0 aromatic heterocycles. The lowest BCUT2D eigenvalue weighted by Gasteiger charge is -2.28. The van der Waals surface area contributed by atoms with Crippen molar-refractivity contribution in [1.29, 1.82) is 0 Å². The summed E-state index contributed by atoms with van der Waals surface area (Å²) < 4.78 is 5.76. The average molecular weight is 326 g/mol. The van der Waals surface area contributed by atoms with Gasteiger partial charge in [-0.25, -0.2) is 0 Å². The fourth-order valence-electron chi connectivity index (χ4n) is 3.20. The van der Waals surface area contributed by atoms with Crippen molar-refractivity contribution in [2.75, 3.05) is 0 Å². The molecule has 1 aliphatic rings. The lowest BCUT2D eigenvalue weighted by Crippen LogP contribution is -2.32. The Morgan fingerprint density at radius 3 is 2.46 bits per heavy atom. The van der Waals surface area contributed by atoms with E-state index in [0.717, 1.165) is 11.1 Å². The molecule has 0 amide bonds. The molecule has 2 aromatic carbocycles. The molecule has 2 unspecified atom stereocenters. The van der Waals surface area contributed by atoms with Gasteiger partial charge in [-0.05, 0) is 41.7 Å². The summed E-state index contributed by atoms with van der Waals surface area (Å²) in [5.41, 5.74) is 2.48. The van der Waals surface area contributed by atoms with Crippen molar-refractivity contribution in [3.05, 3.63) is 65.2 Å². The number of carbonyl (C=O) groups is 2. The van der Waals surface area contributed by atoms with E-state index in [9.17, 15) is 19.8 Å². The van der Waals surface area contributed by atoms with E-state index in [-0.39, 0.29) is 0 Å². The Labute approximate surface area is 139 Å². The van der Waals surface area contributed by atoms with E-state index in [0.29, 0.717) is 30.8 Å². The number of carboxylic acids is 2. The lowest BCUT2D eigenvalue weighted by molar-refractivity contribution is -0.150. The molecule has 2 aromatic rings. The number of ether oxygens (including phenoxy) is 1. The SMILES string of the molecule is O=C(O)C1CCc2cc(OCc3ccccc3)ccc2C1C(=O)O. The van der Waals surface area contributed by atoms with Crippen LogP contribution in [-0.2, 0) is 22.6 Å². The van der Waals surface area contributed by atoms with Gasteiger partial charge in [-0.15, -0.1) is 0 Å². The highest BCUT2D eigenvalue weighted by atomic mass is 16.5. The highest BCUT2D eigenvalue weighted by Gasteiger charge is 2.39. The van der Waals surface area contributed by atoms with Crippen LogP contribution >= 0.6 is 0 Å². The number of fused-ring (bicyclic) bond motifs is 1. The molecule has 24 heavy (non-hydrogen) atoms. The van der Waals surface area contributed by atoms with Crippen molar-refractivity contribution in [2.45, 2.75) is 25.4 Å². The third-order valence-corrected chi connectivity index (χ3v) is 4.41. The molecule has 0 radical (unpaired) electrons. The van der Waals surface area contributed by atoms with E-state index in [1.54, 1.807) is 12.1 Å². The topological polar surface area (TPSA) is 83.8 Å². The van der Waals surface area contributed by atoms with E-state index in [1.807, 2.05) is 36.4 Å². The van der Waals surface area contributed by atoms with Crippen LogP contribution in [0.5, 0.6) is 5.75 Å². The largest absolute Gasteiger partial charge is 0.489 e. The first-order chi connectivity index (χ1) is 11.6. The molecule has 0 saturated carbocycles. The van der Waals surface area contributed by atoms with Crippen LogP contribution in [0.3, 0.4) is 0 Å². The third-order valence-electron chi connectivity index (χ3n) is 4.41. The minimum Gasteiger partial charge on any atom is -0.489 e. The van der Waals surface area contributed by atoms with Crippen LogP contribution in [0.15, 0.2) is 48.5 Å². The van der Waals surface area contributed by atoms with Crippen molar-refractivity contribution >= 4 is 11.9 Å². The van der Waals surface area contributed by atoms with Gasteiger partial charge >= 0.3 is 11.9 Å². The molecular weight excluding hydrogens is 308 g/mol. The predicted molar refractivity (Wildman–Crippen MR) is 87.0 cm³/mol. The van der Waals surface area contributed by atoms with E-state index in [2.05, 4.69) is 0 Å². The maximum atomic E-state index is 11.5.